The van der Waals surface area contributed by atoms with Crippen molar-refractivity contribution in [1.82, 2.24) is 5.32 Å². The Kier molecular flexibility index (Phi) is 2.13. The molecule has 2 bridgehead atoms. The molecule has 1 heterocycles. The van der Waals surface area contributed by atoms with Crippen molar-refractivity contribution in [3.8, 4) is 0 Å². The van der Waals surface area contributed by atoms with Gasteiger partial charge in [0.25, 0.3) is 0 Å². The zero-order valence-electron chi connectivity index (χ0n) is 11.0. The van der Waals surface area contributed by atoms with Crippen molar-refractivity contribution in [3.05, 3.63) is 29.3 Å². The van der Waals surface area contributed by atoms with Gasteiger partial charge in [-0.1, -0.05) is 32.9 Å². The van der Waals surface area contributed by atoms with Gasteiger partial charge < -0.3 is 11.1 Å². The summed E-state index contributed by atoms with van der Waals surface area (Å²) in [6, 6.07) is 6.99. The topological polar surface area (TPSA) is 38.0 Å². The summed E-state index contributed by atoms with van der Waals surface area (Å²) < 4.78 is 0. The van der Waals surface area contributed by atoms with E-state index in [0.717, 1.165) is 18.7 Å². The number of piperidine rings is 1. The SMILES string of the molecule is CC1(C)[C@H]2Cc3c(N)cccc3[C@]1(C)CCN2. The smallest absolute Gasteiger partial charge is 0.0350 e. The van der Waals surface area contributed by atoms with Crippen molar-refractivity contribution in [2.24, 2.45) is 5.41 Å². The maximum atomic E-state index is 6.16. The average molecular weight is 230 g/mol. The molecule has 3 N–H and O–H groups in total. The van der Waals surface area contributed by atoms with E-state index in [-0.39, 0.29) is 5.41 Å². The average Bonchev–Trinajstić information content (AvgIpc) is 2.24. The van der Waals surface area contributed by atoms with Gasteiger partial charge in [-0.05, 0) is 42.0 Å². The van der Waals surface area contributed by atoms with E-state index in [1.54, 1.807) is 0 Å². The first-order valence-electron chi connectivity index (χ1n) is 6.58. The molecular formula is C15H22N2. The van der Waals surface area contributed by atoms with Crippen LogP contribution in [0.5, 0.6) is 0 Å². The molecule has 92 valence electrons. The maximum absolute atomic E-state index is 6.16. The van der Waals surface area contributed by atoms with Gasteiger partial charge in [-0.3, -0.25) is 0 Å². The molecule has 2 nitrogen and oxygen atoms in total. The van der Waals surface area contributed by atoms with Gasteiger partial charge in [0.15, 0.2) is 0 Å². The third-order valence-corrected chi connectivity index (χ3v) is 5.52. The highest BCUT2D eigenvalue weighted by molar-refractivity contribution is 5.56. The first-order valence-corrected chi connectivity index (χ1v) is 6.58. The second-order valence-electron chi connectivity index (χ2n) is 6.39. The van der Waals surface area contributed by atoms with Crippen LogP contribution >= 0.6 is 0 Å². The molecule has 0 saturated carbocycles. The van der Waals surface area contributed by atoms with Crippen LogP contribution in [0.4, 0.5) is 5.69 Å². The predicted molar refractivity (Wildman–Crippen MR) is 72.1 cm³/mol. The van der Waals surface area contributed by atoms with Gasteiger partial charge in [0.1, 0.15) is 0 Å². The van der Waals surface area contributed by atoms with Crippen molar-refractivity contribution in [1.29, 1.82) is 0 Å². The standard InChI is InChI=1S/C15H22N2/c1-14(2)13-9-10-11(5-4-6-12(10)16)15(14,3)7-8-17-13/h4-6,13,17H,7-9,16H2,1-3H3/t13-,15+/m1/s1. The lowest BCUT2D eigenvalue weighted by atomic mass is 9.51. The van der Waals surface area contributed by atoms with Crippen LogP contribution in [0.3, 0.4) is 0 Å². The number of rotatable bonds is 0. The van der Waals surface area contributed by atoms with Crippen molar-refractivity contribution in [2.75, 3.05) is 12.3 Å². The number of hydrogen-bond donors (Lipinski definition) is 2. The molecule has 1 aromatic rings. The summed E-state index contributed by atoms with van der Waals surface area (Å²) in [5.74, 6) is 0. The zero-order chi connectivity index (χ0) is 12.3. The minimum Gasteiger partial charge on any atom is -0.398 e. The molecule has 0 aromatic heterocycles. The van der Waals surface area contributed by atoms with Crippen molar-refractivity contribution >= 4 is 5.69 Å². The molecule has 0 amide bonds. The summed E-state index contributed by atoms with van der Waals surface area (Å²) in [7, 11) is 0. The van der Waals surface area contributed by atoms with E-state index in [0.29, 0.717) is 11.5 Å². The molecule has 1 fully saturated rings. The molecular weight excluding hydrogens is 208 g/mol. The normalized spacial score (nSPS) is 34.2. The predicted octanol–water partition coefficient (Wildman–Crippen LogP) is 2.47. The van der Waals surface area contributed by atoms with Crippen LogP contribution in [0.25, 0.3) is 0 Å². The molecule has 0 unspecified atom stereocenters. The Labute approximate surface area is 104 Å². The lowest BCUT2D eigenvalue weighted by Crippen LogP contribution is -2.62. The fourth-order valence-electron chi connectivity index (χ4n) is 3.82. The van der Waals surface area contributed by atoms with E-state index in [4.69, 9.17) is 5.73 Å². The Hall–Kier alpha value is -1.02. The van der Waals surface area contributed by atoms with Crippen LogP contribution in [-0.2, 0) is 11.8 Å². The molecule has 0 spiro atoms. The molecule has 2 atom stereocenters. The minimum atomic E-state index is 0.256. The number of benzene rings is 1. The third kappa shape index (κ3) is 1.25. The first kappa shape index (κ1) is 11.1. The zero-order valence-corrected chi connectivity index (χ0v) is 11.0. The van der Waals surface area contributed by atoms with Crippen molar-refractivity contribution < 1.29 is 0 Å². The Bertz CT molecular complexity index is 464. The quantitative estimate of drug-likeness (QED) is 0.672. The second-order valence-corrected chi connectivity index (χ2v) is 6.39. The molecule has 3 rings (SSSR count). The van der Waals surface area contributed by atoms with Crippen LogP contribution in [-0.4, -0.2) is 12.6 Å². The van der Waals surface area contributed by atoms with Crippen LogP contribution < -0.4 is 11.1 Å². The number of fused-ring (bicyclic) bond motifs is 4. The molecule has 2 aliphatic rings. The Morgan fingerprint density at radius 1 is 1.29 bits per heavy atom. The van der Waals surface area contributed by atoms with Gasteiger partial charge in [0, 0.05) is 17.1 Å². The molecule has 1 aliphatic heterocycles. The highest BCUT2D eigenvalue weighted by Gasteiger charge is 2.53. The van der Waals surface area contributed by atoms with Crippen molar-refractivity contribution in [2.45, 2.75) is 45.1 Å². The summed E-state index contributed by atoms with van der Waals surface area (Å²) in [5.41, 5.74) is 10.6. The fourth-order valence-corrected chi connectivity index (χ4v) is 3.82. The fraction of sp³-hybridized carbons (Fsp3) is 0.600. The van der Waals surface area contributed by atoms with E-state index in [2.05, 4.69) is 38.2 Å². The summed E-state index contributed by atoms with van der Waals surface area (Å²) in [6.45, 7) is 8.34. The Balaban J connectivity index is 2.26. The summed E-state index contributed by atoms with van der Waals surface area (Å²) in [6.07, 6.45) is 2.28. The van der Waals surface area contributed by atoms with E-state index in [1.165, 1.54) is 17.5 Å². The van der Waals surface area contributed by atoms with E-state index in [1.807, 2.05) is 6.07 Å². The van der Waals surface area contributed by atoms with Gasteiger partial charge in [-0.15, -0.1) is 0 Å². The lowest BCUT2D eigenvalue weighted by Gasteiger charge is -2.57. The largest absolute Gasteiger partial charge is 0.398 e. The maximum Gasteiger partial charge on any atom is 0.0350 e. The highest BCUT2D eigenvalue weighted by atomic mass is 15.0. The van der Waals surface area contributed by atoms with Crippen LogP contribution in [0.15, 0.2) is 18.2 Å². The van der Waals surface area contributed by atoms with Crippen LogP contribution in [0.2, 0.25) is 0 Å². The molecule has 17 heavy (non-hydrogen) atoms. The second kappa shape index (κ2) is 3.26. The monoisotopic (exact) mass is 230 g/mol. The molecule has 1 aliphatic carbocycles. The molecule has 1 saturated heterocycles. The van der Waals surface area contributed by atoms with Crippen LogP contribution in [0.1, 0.15) is 38.3 Å². The number of nitrogen functional groups attached to an aromatic ring is 1. The van der Waals surface area contributed by atoms with Gasteiger partial charge >= 0.3 is 0 Å². The van der Waals surface area contributed by atoms with Crippen LogP contribution in [0, 0.1) is 5.41 Å². The van der Waals surface area contributed by atoms with Gasteiger partial charge in [0.2, 0.25) is 0 Å². The lowest BCUT2D eigenvalue weighted by molar-refractivity contribution is 0.0562. The molecule has 2 heteroatoms. The van der Waals surface area contributed by atoms with Crippen molar-refractivity contribution in [3.63, 3.8) is 0 Å². The summed E-state index contributed by atoms with van der Waals surface area (Å²) in [5, 5.41) is 3.68. The number of nitrogens with one attached hydrogen (secondary N) is 1. The van der Waals surface area contributed by atoms with Gasteiger partial charge in [-0.25, -0.2) is 0 Å². The van der Waals surface area contributed by atoms with E-state index >= 15 is 0 Å². The minimum absolute atomic E-state index is 0.256. The van der Waals surface area contributed by atoms with Gasteiger partial charge in [0.05, 0.1) is 0 Å². The highest BCUT2D eigenvalue weighted by Crippen LogP contribution is 2.54. The molecule has 1 aromatic carbocycles. The number of hydrogen-bond acceptors (Lipinski definition) is 2. The van der Waals surface area contributed by atoms with E-state index < -0.39 is 0 Å². The first-order chi connectivity index (χ1) is 7.97. The third-order valence-electron chi connectivity index (χ3n) is 5.52. The van der Waals surface area contributed by atoms with Gasteiger partial charge in [-0.2, -0.15) is 0 Å². The summed E-state index contributed by atoms with van der Waals surface area (Å²) in [4.78, 5) is 0. The van der Waals surface area contributed by atoms with E-state index in [9.17, 15) is 0 Å². The number of anilines is 1. The number of nitrogens with two attached hydrogens (primary N) is 1. The Morgan fingerprint density at radius 3 is 2.82 bits per heavy atom. The summed E-state index contributed by atoms with van der Waals surface area (Å²) >= 11 is 0. The molecule has 0 radical (unpaired) electrons. The Morgan fingerprint density at radius 2 is 2.06 bits per heavy atom.